The van der Waals surface area contributed by atoms with Crippen molar-refractivity contribution in [3.8, 4) is 11.8 Å². The molecule has 4 nitrogen and oxygen atoms in total. The van der Waals surface area contributed by atoms with Gasteiger partial charge in [-0.3, -0.25) is 0 Å². The Hall–Kier alpha value is -1.47. The summed E-state index contributed by atoms with van der Waals surface area (Å²) in [6.07, 6.45) is 1.64. The number of aromatic nitrogens is 2. The van der Waals surface area contributed by atoms with Crippen LogP contribution in [-0.4, -0.2) is 28.5 Å². The number of carbonyl (C=O) groups excluding carboxylic acids is 1. The Labute approximate surface area is 86.8 Å². The van der Waals surface area contributed by atoms with Gasteiger partial charge in [-0.1, -0.05) is 5.92 Å². The lowest BCUT2D eigenvalue weighted by Crippen LogP contribution is -2.08. The van der Waals surface area contributed by atoms with E-state index in [-0.39, 0.29) is 11.7 Å². The number of halogens is 1. The molecular formula is C9H9ClN2O2. The van der Waals surface area contributed by atoms with Gasteiger partial charge in [-0.05, 0) is 5.92 Å². The quantitative estimate of drug-likeness (QED) is 0.393. The van der Waals surface area contributed by atoms with Crippen LogP contribution >= 0.6 is 11.6 Å². The van der Waals surface area contributed by atoms with Crippen LogP contribution in [0, 0.1) is 11.8 Å². The highest BCUT2D eigenvalue weighted by atomic mass is 35.5. The Morgan fingerprint density at radius 2 is 2.50 bits per heavy atom. The molecule has 1 aromatic rings. The molecule has 0 fully saturated rings. The van der Waals surface area contributed by atoms with Crippen LogP contribution < -0.4 is 0 Å². The molecule has 14 heavy (non-hydrogen) atoms. The van der Waals surface area contributed by atoms with Crippen molar-refractivity contribution in [2.45, 2.75) is 0 Å². The molecule has 0 atom stereocenters. The van der Waals surface area contributed by atoms with E-state index in [9.17, 15) is 4.79 Å². The van der Waals surface area contributed by atoms with Gasteiger partial charge in [0.2, 0.25) is 5.82 Å². The number of nitrogens with zero attached hydrogens (tertiary/aromatic N) is 2. The first-order chi connectivity index (χ1) is 6.69. The van der Waals surface area contributed by atoms with Gasteiger partial charge in [-0.15, -0.1) is 11.6 Å². The number of esters is 1. The maximum atomic E-state index is 11.1. The number of ether oxygens (including phenoxy) is 1. The van der Waals surface area contributed by atoms with Crippen molar-refractivity contribution in [3.05, 3.63) is 17.7 Å². The second kappa shape index (κ2) is 4.68. The summed E-state index contributed by atoms with van der Waals surface area (Å²) in [7, 11) is 3.01. The minimum atomic E-state index is -0.480. The molecule has 0 amide bonds. The number of hydrogen-bond donors (Lipinski definition) is 0. The molecule has 1 aromatic heterocycles. The van der Waals surface area contributed by atoms with Crippen molar-refractivity contribution >= 4 is 17.6 Å². The predicted molar refractivity (Wildman–Crippen MR) is 52.1 cm³/mol. The van der Waals surface area contributed by atoms with E-state index in [0.29, 0.717) is 5.69 Å². The molecule has 0 saturated heterocycles. The van der Waals surface area contributed by atoms with Gasteiger partial charge in [0.15, 0.2) is 0 Å². The molecular weight excluding hydrogens is 204 g/mol. The summed E-state index contributed by atoms with van der Waals surface area (Å²) in [5.41, 5.74) is 0.508. The lowest BCUT2D eigenvalue weighted by atomic mass is 10.5. The maximum Gasteiger partial charge on any atom is 0.374 e. The van der Waals surface area contributed by atoms with E-state index in [0.717, 1.165) is 0 Å². The maximum absolute atomic E-state index is 11.1. The molecule has 0 radical (unpaired) electrons. The lowest BCUT2D eigenvalue weighted by molar-refractivity contribution is 0.0583. The van der Waals surface area contributed by atoms with Gasteiger partial charge >= 0.3 is 5.97 Å². The number of alkyl halides is 1. The molecule has 0 aliphatic carbocycles. The Bertz CT molecular complexity index is 401. The van der Waals surface area contributed by atoms with Gasteiger partial charge < -0.3 is 9.30 Å². The molecule has 0 aliphatic heterocycles. The Balaban J connectivity index is 2.99. The highest BCUT2D eigenvalue weighted by Crippen LogP contribution is 2.01. The van der Waals surface area contributed by atoms with Gasteiger partial charge in [0.1, 0.15) is 5.69 Å². The second-order valence-electron chi connectivity index (χ2n) is 2.49. The van der Waals surface area contributed by atoms with E-state index >= 15 is 0 Å². The highest BCUT2D eigenvalue weighted by Gasteiger charge is 2.12. The normalized spacial score (nSPS) is 9.07. The zero-order valence-corrected chi connectivity index (χ0v) is 8.63. The largest absolute Gasteiger partial charge is 0.463 e. The van der Waals surface area contributed by atoms with Gasteiger partial charge in [0, 0.05) is 13.2 Å². The summed E-state index contributed by atoms with van der Waals surface area (Å²) >= 11 is 5.39. The summed E-state index contributed by atoms with van der Waals surface area (Å²) in [6.45, 7) is 0. The van der Waals surface area contributed by atoms with Crippen LogP contribution in [0.15, 0.2) is 6.20 Å². The van der Waals surface area contributed by atoms with Crippen LogP contribution in [-0.2, 0) is 11.8 Å². The molecule has 0 bridgehead atoms. The van der Waals surface area contributed by atoms with Crippen LogP contribution in [0.25, 0.3) is 0 Å². The lowest BCUT2D eigenvalue weighted by Gasteiger charge is -1.96. The van der Waals surface area contributed by atoms with Gasteiger partial charge in [-0.2, -0.15) is 0 Å². The number of methoxy groups -OCH3 is 1. The van der Waals surface area contributed by atoms with Crippen LogP contribution in [0.5, 0.6) is 0 Å². The van der Waals surface area contributed by atoms with Crippen molar-refractivity contribution in [1.82, 2.24) is 9.55 Å². The van der Waals surface area contributed by atoms with Crippen molar-refractivity contribution in [3.63, 3.8) is 0 Å². The zero-order chi connectivity index (χ0) is 10.6. The second-order valence-corrected chi connectivity index (χ2v) is 2.75. The average molecular weight is 213 g/mol. The van der Waals surface area contributed by atoms with E-state index in [1.54, 1.807) is 17.8 Å². The zero-order valence-electron chi connectivity index (χ0n) is 7.87. The summed E-state index contributed by atoms with van der Waals surface area (Å²) in [5.74, 6) is 5.35. The van der Waals surface area contributed by atoms with E-state index in [1.807, 2.05) is 0 Å². The van der Waals surface area contributed by atoms with Gasteiger partial charge in [0.25, 0.3) is 0 Å². The van der Waals surface area contributed by atoms with Crippen LogP contribution in [0.3, 0.4) is 0 Å². The smallest absolute Gasteiger partial charge is 0.374 e. The third kappa shape index (κ3) is 2.27. The predicted octanol–water partition coefficient (Wildman–Crippen LogP) is 0.797. The van der Waals surface area contributed by atoms with Crippen LogP contribution in [0.4, 0.5) is 0 Å². The third-order valence-electron chi connectivity index (χ3n) is 1.53. The van der Waals surface area contributed by atoms with Crippen LogP contribution in [0.1, 0.15) is 16.3 Å². The standard InChI is InChI=1S/C9H9ClN2O2/c1-12-6-7(4-3-5-10)11-8(12)9(13)14-2/h6H,5H2,1-2H3. The first kappa shape index (κ1) is 10.6. The first-order valence-electron chi connectivity index (χ1n) is 3.85. The van der Waals surface area contributed by atoms with E-state index in [4.69, 9.17) is 11.6 Å². The van der Waals surface area contributed by atoms with E-state index < -0.39 is 5.97 Å². The Kier molecular flexibility index (Phi) is 3.55. The molecule has 1 heterocycles. The minimum absolute atomic E-state index is 0.228. The SMILES string of the molecule is COC(=O)c1nc(C#CCCl)cn1C. The van der Waals surface area contributed by atoms with E-state index in [1.165, 1.54) is 7.11 Å². The summed E-state index contributed by atoms with van der Waals surface area (Å²) in [4.78, 5) is 15.1. The molecule has 0 aromatic carbocycles. The molecule has 0 aliphatic rings. The Morgan fingerprint density at radius 1 is 1.79 bits per heavy atom. The first-order valence-corrected chi connectivity index (χ1v) is 4.39. The number of rotatable bonds is 1. The fourth-order valence-corrected chi connectivity index (χ4v) is 0.998. The van der Waals surface area contributed by atoms with Crippen molar-refractivity contribution < 1.29 is 9.53 Å². The van der Waals surface area contributed by atoms with Crippen LogP contribution in [0.2, 0.25) is 0 Å². The number of aryl methyl sites for hydroxylation is 1. The molecule has 74 valence electrons. The Morgan fingerprint density at radius 3 is 3.07 bits per heavy atom. The molecule has 0 spiro atoms. The summed E-state index contributed by atoms with van der Waals surface area (Å²) in [6, 6.07) is 0. The minimum Gasteiger partial charge on any atom is -0.463 e. The van der Waals surface area contributed by atoms with Crippen molar-refractivity contribution in [1.29, 1.82) is 0 Å². The highest BCUT2D eigenvalue weighted by molar-refractivity contribution is 6.19. The molecule has 5 heteroatoms. The molecule has 0 saturated carbocycles. The summed E-state index contributed by atoms with van der Waals surface area (Å²) in [5, 5.41) is 0. The van der Waals surface area contributed by atoms with Crippen molar-refractivity contribution in [2.24, 2.45) is 7.05 Å². The van der Waals surface area contributed by atoms with Gasteiger partial charge in [-0.25, -0.2) is 9.78 Å². The van der Waals surface area contributed by atoms with Gasteiger partial charge in [0.05, 0.1) is 13.0 Å². The third-order valence-corrected chi connectivity index (χ3v) is 1.66. The number of hydrogen-bond acceptors (Lipinski definition) is 3. The molecule has 0 unspecified atom stereocenters. The van der Waals surface area contributed by atoms with E-state index in [2.05, 4.69) is 21.6 Å². The average Bonchev–Trinajstić information content (AvgIpc) is 2.55. The molecule has 1 rings (SSSR count). The number of carbonyl (C=O) groups is 1. The summed E-state index contributed by atoms with van der Waals surface area (Å²) < 4.78 is 6.10. The molecule has 0 N–H and O–H groups in total. The monoisotopic (exact) mass is 212 g/mol. The fraction of sp³-hybridized carbons (Fsp3) is 0.333. The van der Waals surface area contributed by atoms with Crippen molar-refractivity contribution in [2.75, 3.05) is 13.0 Å². The number of imidazole rings is 1. The topological polar surface area (TPSA) is 44.1 Å². The fourth-order valence-electron chi connectivity index (χ4n) is 0.932.